The molecule has 0 bridgehead atoms. The van der Waals surface area contributed by atoms with Gasteiger partial charge in [-0.05, 0) is 30.4 Å². The van der Waals surface area contributed by atoms with E-state index in [0.29, 0.717) is 24.2 Å². The molecule has 1 aliphatic rings. The highest BCUT2D eigenvalue weighted by molar-refractivity contribution is 6.61. The van der Waals surface area contributed by atoms with Crippen molar-refractivity contribution in [1.29, 1.82) is 0 Å². The van der Waals surface area contributed by atoms with Crippen LogP contribution in [0.15, 0.2) is 24.0 Å². The van der Waals surface area contributed by atoms with E-state index in [1.54, 1.807) is 0 Å². The maximum absolute atomic E-state index is 12.5. The minimum absolute atomic E-state index is 0.00822. The predicted octanol–water partition coefficient (Wildman–Crippen LogP) is 4.78. The van der Waals surface area contributed by atoms with Crippen molar-refractivity contribution in [3.8, 4) is 0 Å². The molecule has 0 saturated heterocycles. The maximum atomic E-state index is 12.5. The zero-order valence-corrected chi connectivity index (χ0v) is 13.5. The Balaban J connectivity index is 2.60. The summed E-state index contributed by atoms with van der Waals surface area (Å²) in [5.41, 5.74) is 2.27. The van der Waals surface area contributed by atoms with Gasteiger partial charge in [-0.1, -0.05) is 37.6 Å². The van der Waals surface area contributed by atoms with Crippen LogP contribution in [0.25, 0.3) is 5.57 Å². The molecule has 0 amide bonds. The number of allylic oxidation sites excluding steroid dienone is 2. The molecule has 0 saturated carbocycles. The van der Waals surface area contributed by atoms with Crippen LogP contribution in [0.1, 0.15) is 43.4 Å². The molecule has 0 radical (unpaired) electrons. The van der Waals surface area contributed by atoms with Gasteiger partial charge in [-0.3, -0.25) is 4.79 Å². The number of Topliss-reactive ketones (excluding diaryl/α,β-unsaturated/α-hetero) is 1. The van der Waals surface area contributed by atoms with E-state index >= 15 is 0 Å². The topological polar surface area (TPSA) is 43.4 Å². The molecule has 0 heterocycles. The molecule has 0 spiro atoms. The average Bonchev–Trinajstić information content (AvgIpc) is 2.28. The molecule has 4 heteroatoms. The molecule has 3 nitrogen and oxygen atoms in total. The van der Waals surface area contributed by atoms with Crippen LogP contribution in [-0.4, -0.2) is 11.2 Å². The first-order valence-corrected chi connectivity index (χ1v) is 7.29. The second kappa shape index (κ2) is 5.64. The quantitative estimate of drug-likeness (QED) is 0.739. The second-order valence-corrected chi connectivity index (χ2v) is 6.71. The normalized spacial score (nSPS) is 17.9. The molecule has 2 rings (SSSR count). The Kier molecular flexibility index (Phi) is 4.24. The number of halogens is 1. The van der Waals surface area contributed by atoms with E-state index in [-0.39, 0.29) is 11.2 Å². The van der Waals surface area contributed by atoms with Crippen LogP contribution in [0.4, 0.5) is 4.79 Å². The standard InChI is InChI=1S/C17H19ClO3/c1-10-5-6-12(11(2)7-10)15-13(19)8-17(3,4)9-14(15)21-16(18)20/h5-7H,8-9H2,1-4H3. The maximum Gasteiger partial charge on any atom is 0.408 e. The summed E-state index contributed by atoms with van der Waals surface area (Å²) in [6.07, 6.45) is 0.943. The molecule has 1 aromatic carbocycles. The fourth-order valence-electron chi connectivity index (χ4n) is 2.84. The molecule has 0 aliphatic heterocycles. The van der Waals surface area contributed by atoms with Gasteiger partial charge < -0.3 is 4.74 Å². The summed E-state index contributed by atoms with van der Waals surface area (Å²) in [7, 11) is 0. The number of benzene rings is 1. The number of rotatable bonds is 2. The van der Waals surface area contributed by atoms with Gasteiger partial charge in [-0.2, -0.15) is 0 Å². The van der Waals surface area contributed by atoms with E-state index in [0.717, 1.165) is 16.7 Å². The lowest BCUT2D eigenvalue weighted by Crippen LogP contribution is -2.26. The number of ketones is 1. The summed E-state index contributed by atoms with van der Waals surface area (Å²) < 4.78 is 5.13. The van der Waals surface area contributed by atoms with Crippen LogP contribution in [-0.2, 0) is 9.53 Å². The van der Waals surface area contributed by atoms with Gasteiger partial charge in [0.25, 0.3) is 0 Å². The van der Waals surface area contributed by atoms with Crippen molar-refractivity contribution in [2.75, 3.05) is 0 Å². The number of hydrogen-bond donors (Lipinski definition) is 0. The van der Waals surface area contributed by atoms with E-state index in [1.165, 1.54) is 0 Å². The Morgan fingerprint density at radius 3 is 2.48 bits per heavy atom. The predicted molar refractivity (Wildman–Crippen MR) is 83.2 cm³/mol. The van der Waals surface area contributed by atoms with Crippen molar-refractivity contribution in [1.82, 2.24) is 0 Å². The molecule has 0 aromatic heterocycles. The highest BCUT2D eigenvalue weighted by Gasteiger charge is 2.35. The monoisotopic (exact) mass is 306 g/mol. The Labute approximate surface area is 129 Å². The number of aryl methyl sites for hydroxylation is 2. The third kappa shape index (κ3) is 3.53. The molecule has 0 unspecified atom stereocenters. The van der Waals surface area contributed by atoms with Crippen molar-refractivity contribution in [3.05, 3.63) is 40.6 Å². The van der Waals surface area contributed by atoms with Gasteiger partial charge in [0.05, 0.1) is 5.57 Å². The number of carbonyl (C=O) groups is 2. The lowest BCUT2D eigenvalue weighted by Gasteiger charge is -2.31. The lowest BCUT2D eigenvalue weighted by atomic mass is 9.74. The highest BCUT2D eigenvalue weighted by atomic mass is 35.5. The highest BCUT2D eigenvalue weighted by Crippen LogP contribution is 2.41. The average molecular weight is 307 g/mol. The van der Waals surface area contributed by atoms with E-state index in [9.17, 15) is 9.59 Å². The molecule has 0 fully saturated rings. The van der Waals surface area contributed by atoms with Crippen molar-refractivity contribution in [2.24, 2.45) is 5.41 Å². The largest absolute Gasteiger partial charge is 0.418 e. The summed E-state index contributed by atoms with van der Waals surface area (Å²) in [6.45, 7) is 7.90. The van der Waals surface area contributed by atoms with Gasteiger partial charge in [0, 0.05) is 24.4 Å². The van der Waals surface area contributed by atoms with Crippen LogP contribution in [0.3, 0.4) is 0 Å². The van der Waals surface area contributed by atoms with Crippen molar-refractivity contribution in [3.63, 3.8) is 0 Å². The molecular weight excluding hydrogens is 288 g/mol. The van der Waals surface area contributed by atoms with E-state index in [1.807, 2.05) is 45.9 Å². The first kappa shape index (κ1) is 15.8. The lowest BCUT2D eigenvalue weighted by molar-refractivity contribution is -0.116. The van der Waals surface area contributed by atoms with Crippen molar-refractivity contribution in [2.45, 2.75) is 40.5 Å². The zero-order chi connectivity index (χ0) is 15.8. The molecule has 1 aromatic rings. The van der Waals surface area contributed by atoms with Gasteiger partial charge in [-0.15, -0.1) is 0 Å². The minimum Gasteiger partial charge on any atom is -0.418 e. The summed E-state index contributed by atoms with van der Waals surface area (Å²) in [5.74, 6) is 0.370. The van der Waals surface area contributed by atoms with Gasteiger partial charge >= 0.3 is 5.43 Å². The Bertz CT molecular complexity index is 641. The fourth-order valence-corrected chi connectivity index (χ4v) is 2.94. The molecule has 112 valence electrons. The van der Waals surface area contributed by atoms with Crippen molar-refractivity contribution < 1.29 is 14.3 Å². The number of carbonyl (C=O) groups excluding carboxylic acids is 2. The van der Waals surface area contributed by atoms with Crippen LogP contribution in [0.5, 0.6) is 0 Å². The van der Waals surface area contributed by atoms with E-state index < -0.39 is 5.43 Å². The number of hydrogen-bond acceptors (Lipinski definition) is 3. The summed E-state index contributed by atoms with van der Waals surface area (Å²) >= 11 is 5.36. The molecule has 1 aliphatic carbocycles. The third-order valence-electron chi connectivity index (χ3n) is 3.69. The zero-order valence-electron chi connectivity index (χ0n) is 12.7. The van der Waals surface area contributed by atoms with Crippen LogP contribution < -0.4 is 0 Å². The summed E-state index contributed by atoms with van der Waals surface area (Å²) in [6, 6.07) is 5.86. The molecule has 21 heavy (non-hydrogen) atoms. The van der Waals surface area contributed by atoms with Crippen molar-refractivity contribution >= 4 is 28.4 Å². The Morgan fingerprint density at radius 2 is 1.90 bits per heavy atom. The summed E-state index contributed by atoms with van der Waals surface area (Å²) in [5, 5.41) is 0. The van der Waals surface area contributed by atoms with Gasteiger partial charge in [-0.25, -0.2) is 4.79 Å². The first-order chi connectivity index (χ1) is 9.69. The van der Waals surface area contributed by atoms with E-state index in [2.05, 4.69) is 0 Å². The number of ether oxygens (including phenoxy) is 1. The van der Waals surface area contributed by atoms with Crippen LogP contribution in [0, 0.1) is 19.3 Å². The van der Waals surface area contributed by atoms with Crippen LogP contribution >= 0.6 is 11.6 Å². The van der Waals surface area contributed by atoms with Gasteiger partial charge in [0.2, 0.25) is 0 Å². The summed E-state index contributed by atoms with van der Waals surface area (Å²) in [4.78, 5) is 23.7. The van der Waals surface area contributed by atoms with E-state index in [4.69, 9.17) is 16.3 Å². The molecule has 0 atom stereocenters. The molecular formula is C17H19ClO3. The Morgan fingerprint density at radius 1 is 1.24 bits per heavy atom. The smallest absolute Gasteiger partial charge is 0.408 e. The fraction of sp³-hybridized carbons (Fsp3) is 0.412. The first-order valence-electron chi connectivity index (χ1n) is 6.91. The Hall–Kier alpha value is -1.61. The van der Waals surface area contributed by atoms with Gasteiger partial charge in [0.15, 0.2) is 5.78 Å². The van der Waals surface area contributed by atoms with Gasteiger partial charge in [0.1, 0.15) is 5.76 Å². The molecule has 0 N–H and O–H groups in total. The SMILES string of the molecule is Cc1ccc(C2=C(OC(=O)Cl)CC(C)(C)CC2=O)c(C)c1. The minimum atomic E-state index is -0.905. The second-order valence-electron chi connectivity index (χ2n) is 6.40. The van der Waals surface area contributed by atoms with Crippen LogP contribution in [0.2, 0.25) is 0 Å². The third-order valence-corrected chi connectivity index (χ3v) is 3.77.